The van der Waals surface area contributed by atoms with Crippen molar-refractivity contribution in [3.05, 3.63) is 275 Å². The van der Waals surface area contributed by atoms with Crippen molar-refractivity contribution in [1.29, 1.82) is 0 Å². The predicted octanol–water partition coefficient (Wildman–Crippen LogP) is 22.5. The summed E-state index contributed by atoms with van der Waals surface area (Å²) < 4.78 is 22.4. The number of carbonyl (C=O) groups excluding carboxylic acids is 8. The monoisotopic (exact) mass is 1530 g/mol. The number of nitrogens with zero attached hydrogens (tertiary/aromatic N) is 4. The molecule has 0 N–H and O–H groups in total. The molecular weight excluding hydrogens is 1450 g/mol. The molecule has 16 heteroatoms. The fraction of sp³-hybridized carbons (Fsp3) is 0.200. The molecule has 576 valence electrons. The van der Waals surface area contributed by atoms with Gasteiger partial charge in [-0.1, -0.05) is 200 Å². The van der Waals surface area contributed by atoms with Crippen molar-refractivity contribution in [1.82, 2.24) is 9.80 Å². The zero-order chi connectivity index (χ0) is 80.5. The van der Waals surface area contributed by atoms with Crippen molar-refractivity contribution < 1.29 is 57.3 Å². The number of amides is 8. The van der Waals surface area contributed by atoms with Crippen LogP contribution in [0.1, 0.15) is 175 Å². The largest absolute Gasteiger partial charge is 0.496 e. The minimum Gasteiger partial charge on any atom is -0.496 e. The number of anilines is 2. The number of fused-ring (bicyclic) bond motifs is 2. The van der Waals surface area contributed by atoms with Gasteiger partial charge in [-0.2, -0.15) is 0 Å². The lowest BCUT2D eigenvalue weighted by atomic mass is 9.86. The van der Waals surface area contributed by atoms with Gasteiger partial charge in [-0.25, -0.2) is 9.80 Å². The van der Waals surface area contributed by atoms with Crippen LogP contribution in [-0.4, -0.2) is 97.6 Å². The lowest BCUT2D eigenvalue weighted by Crippen LogP contribution is -2.46. The van der Waals surface area contributed by atoms with Gasteiger partial charge in [0.2, 0.25) is 0 Å². The summed E-state index contributed by atoms with van der Waals surface area (Å²) in [5, 5.41) is 9.38. The van der Waals surface area contributed by atoms with E-state index in [1.807, 2.05) is 133 Å². The molecule has 14 aromatic carbocycles. The first-order valence-electron chi connectivity index (χ1n) is 39.9. The maximum atomic E-state index is 14.1. The quantitative estimate of drug-likeness (QED) is 0.0356. The molecule has 0 aliphatic carbocycles. The van der Waals surface area contributed by atoms with Gasteiger partial charge in [0.25, 0.3) is 47.3 Å². The number of hydrogen-bond donors (Lipinski definition) is 0. The second kappa shape index (κ2) is 30.7. The summed E-state index contributed by atoms with van der Waals surface area (Å²) in [4.78, 5) is 118. The molecule has 18 rings (SSSR count). The van der Waals surface area contributed by atoms with Gasteiger partial charge in [0.1, 0.15) is 23.0 Å². The van der Waals surface area contributed by atoms with Crippen LogP contribution in [0.4, 0.5) is 11.4 Å². The molecule has 16 nitrogen and oxygen atoms in total. The van der Waals surface area contributed by atoms with E-state index in [-0.39, 0.29) is 35.7 Å². The number of rotatable bonds is 22. The van der Waals surface area contributed by atoms with Crippen molar-refractivity contribution in [2.24, 2.45) is 0 Å². The van der Waals surface area contributed by atoms with Crippen LogP contribution in [-0.2, 0) is 0 Å². The second-order valence-electron chi connectivity index (χ2n) is 30.0. The van der Waals surface area contributed by atoms with E-state index >= 15 is 0 Å². The van der Waals surface area contributed by atoms with Crippen molar-refractivity contribution in [3.8, 4) is 67.5 Å². The van der Waals surface area contributed by atoms with Crippen LogP contribution in [0, 0.1) is 0 Å². The standard InChI is InChI=1S/C54H36N2O8.C46H48N2O4/c1-61-41-25-21-37-47-38(22-26-42(62-2)49(41)47)52(58)55(51(37)57)31-17-13-29(14-18-31)45-33-9-5-7-11-35(33)46(36-12-8-6-10-34(36)45)30-15-19-32(20-16-30)56-53(59)39-23-27-43(63-3)50-44(64-4)28-24-40(48(39)50)54(56)60;1-5-9-11-15-31(7-3)47-43(49)37-19-13-17-35-33(25-27-39(41(35)37)45(47)51)29-21-23-30(24-22-29)34-26-28-40-42-36(34)18-14-20-38(42)44(50)48(46(40)52)32(8-4)16-12-10-6-2/h5-28H,1-4H3;13-14,17-28,31-32H,5-12,15-16H2,1-4H3. The predicted molar refractivity (Wildman–Crippen MR) is 458 cm³/mol. The minimum atomic E-state index is -0.435. The first-order chi connectivity index (χ1) is 56.6. The van der Waals surface area contributed by atoms with Crippen molar-refractivity contribution in [2.45, 2.75) is 104 Å². The van der Waals surface area contributed by atoms with E-state index in [2.05, 4.69) is 76.2 Å². The Balaban J connectivity index is 0.000000171. The lowest BCUT2D eigenvalue weighted by Gasteiger charge is -2.34. The minimum absolute atomic E-state index is 0.114. The Morgan fingerprint density at radius 1 is 0.250 bits per heavy atom. The molecule has 0 bridgehead atoms. The highest BCUT2D eigenvalue weighted by atomic mass is 16.5. The van der Waals surface area contributed by atoms with Gasteiger partial charge in [-0.05, 0) is 200 Å². The van der Waals surface area contributed by atoms with E-state index in [9.17, 15) is 38.4 Å². The molecule has 14 aromatic rings. The zero-order valence-electron chi connectivity index (χ0n) is 65.9. The molecule has 4 aliphatic heterocycles. The zero-order valence-corrected chi connectivity index (χ0v) is 65.9. The summed E-state index contributed by atoms with van der Waals surface area (Å²) in [6.07, 6.45) is 9.45. The summed E-state index contributed by atoms with van der Waals surface area (Å²) in [6.45, 7) is 8.42. The highest BCUT2D eigenvalue weighted by molar-refractivity contribution is 6.38. The van der Waals surface area contributed by atoms with Gasteiger partial charge >= 0.3 is 0 Å². The molecule has 0 radical (unpaired) electrons. The van der Waals surface area contributed by atoms with E-state index in [1.54, 1.807) is 77.0 Å². The van der Waals surface area contributed by atoms with Crippen LogP contribution in [0.5, 0.6) is 23.0 Å². The molecule has 8 amide bonds. The Labute approximate surface area is 671 Å². The Kier molecular flexibility index (Phi) is 19.9. The first kappa shape index (κ1) is 75.1. The summed E-state index contributed by atoms with van der Waals surface area (Å²) in [7, 11) is 6.17. The molecule has 4 aliphatic rings. The van der Waals surface area contributed by atoms with Crippen LogP contribution in [0.15, 0.2) is 231 Å². The Hall–Kier alpha value is -13.6. The molecule has 4 heterocycles. The number of methoxy groups -OCH3 is 4. The van der Waals surface area contributed by atoms with Gasteiger partial charge in [-0.3, -0.25) is 48.2 Å². The normalized spacial score (nSPS) is 14.2. The van der Waals surface area contributed by atoms with Gasteiger partial charge in [0.15, 0.2) is 0 Å². The van der Waals surface area contributed by atoms with Gasteiger partial charge in [0.05, 0.1) is 50.6 Å². The molecule has 0 fully saturated rings. The van der Waals surface area contributed by atoms with E-state index in [1.165, 1.54) is 19.6 Å². The summed E-state index contributed by atoms with van der Waals surface area (Å²) in [5.41, 5.74) is 12.4. The highest BCUT2D eigenvalue weighted by Gasteiger charge is 2.42. The summed E-state index contributed by atoms with van der Waals surface area (Å²) in [5.74, 6) is -0.515. The third-order valence-electron chi connectivity index (χ3n) is 23.9. The van der Waals surface area contributed by atoms with Crippen LogP contribution in [0.2, 0.25) is 0 Å². The van der Waals surface area contributed by atoms with E-state index in [0.29, 0.717) is 100 Å². The van der Waals surface area contributed by atoms with Crippen molar-refractivity contribution in [3.63, 3.8) is 0 Å². The lowest BCUT2D eigenvalue weighted by molar-refractivity contribution is 0.0508. The number of imide groups is 4. The van der Waals surface area contributed by atoms with Gasteiger partial charge in [0, 0.05) is 78.1 Å². The molecule has 2 unspecified atom stereocenters. The Morgan fingerprint density at radius 3 is 0.810 bits per heavy atom. The van der Waals surface area contributed by atoms with Crippen LogP contribution >= 0.6 is 0 Å². The Bertz CT molecular complexity index is 5880. The molecule has 0 saturated heterocycles. The highest BCUT2D eigenvalue weighted by Crippen LogP contribution is 2.49. The molecule has 2 atom stereocenters. The number of benzene rings is 14. The third-order valence-corrected chi connectivity index (χ3v) is 23.9. The van der Waals surface area contributed by atoms with Crippen LogP contribution in [0.25, 0.3) is 109 Å². The molecule has 0 aromatic heterocycles. The fourth-order valence-electron chi connectivity index (χ4n) is 18.2. The SMILES string of the molecule is CCCCCC(CC)N1C(=O)c2cccc3c(-c4ccc(-c5ccc6c7c(cccc57)C(=O)N(C(CC)CCCCC)C6=O)cc4)ccc(c23)C1=O.COc1ccc2c3c(ccc(OC)c13)C(=O)N(c1ccc(-c3c4ccccc4c(-c4ccc(N5C(=O)c6ccc(OC)c7c(OC)ccc(c67)C5=O)cc4)c4ccccc34)cc1)C2=O. The molecule has 0 spiro atoms. The smallest absolute Gasteiger partial charge is 0.265 e. The second-order valence-corrected chi connectivity index (χ2v) is 30.0. The van der Waals surface area contributed by atoms with Crippen LogP contribution in [0.3, 0.4) is 0 Å². The number of ether oxygens (including phenoxy) is 4. The number of carbonyl (C=O) groups is 8. The Morgan fingerprint density at radius 2 is 0.517 bits per heavy atom. The first-order valence-corrected chi connectivity index (χ1v) is 39.9. The average molecular weight is 1530 g/mol. The van der Waals surface area contributed by atoms with Crippen molar-refractivity contribution >= 4 is 123 Å². The number of unbranched alkanes of at least 4 members (excludes halogenated alkanes) is 4. The summed E-state index contributed by atoms with van der Waals surface area (Å²) >= 11 is 0. The summed E-state index contributed by atoms with van der Waals surface area (Å²) in [6, 6.07) is 72.4. The molecule has 0 saturated carbocycles. The fourth-order valence-corrected chi connectivity index (χ4v) is 18.2. The molecule has 116 heavy (non-hydrogen) atoms. The topological polar surface area (TPSA) is 186 Å². The van der Waals surface area contributed by atoms with Gasteiger partial charge in [-0.15, -0.1) is 0 Å². The molecular formula is C100H84N4O12. The van der Waals surface area contributed by atoms with Crippen LogP contribution < -0.4 is 28.7 Å². The van der Waals surface area contributed by atoms with Gasteiger partial charge < -0.3 is 18.9 Å². The van der Waals surface area contributed by atoms with E-state index in [0.717, 1.165) is 152 Å². The number of hydrogen-bond acceptors (Lipinski definition) is 12. The average Bonchev–Trinajstić information content (AvgIpc) is 0.750. The van der Waals surface area contributed by atoms with E-state index in [4.69, 9.17) is 18.9 Å². The maximum absolute atomic E-state index is 14.1. The van der Waals surface area contributed by atoms with Crippen molar-refractivity contribution in [2.75, 3.05) is 38.2 Å². The van der Waals surface area contributed by atoms with E-state index < -0.39 is 23.6 Å². The third kappa shape index (κ3) is 12.1. The maximum Gasteiger partial charge on any atom is 0.265 e.